The first-order valence-electron chi connectivity index (χ1n) is 11.0. The first-order valence-corrected chi connectivity index (χ1v) is 11.0. The molecule has 2 aromatic rings. The summed E-state index contributed by atoms with van der Waals surface area (Å²) < 4.78 is 0. The minimum absolute atomic E-state index is 0.0647. The van der Waals surface area contributed by atoms with E-state index in [0.717, 1.165) is 35.6 Å². The third-order valence-electron chi connectivity index (χ3n) is 6.14. The molecule has 0 spiro atoms. The Morgan fingerprint density at radius 1 is 0.844 bits per heavy atom. The molecular formula is C26H36O6. The van der Waals surface area contributed by atoms with Crippen molar-refractivity contribution >= 4 is 0 Å². The molecular weight excluding hydrogens is 408 g/mol. The van der Waals surface area contributed by atoms with Gasteiger partial charge < -0.3 is 30.6 Å². The van der Waals surface area contributed by atoms with Crippen LogP contribution in [0.2, 0.25) is 0 Å². The normalized spacial score (nSPS) is 18.2. The summed E-state index contributed by atoms with van der Waals surface area (Å²) in [6, 6.07) is 14.7. The Morgan fingerprint density at radius 3 is 1.75 bits per heavy atom. The first-order chi connectivity index (χ1) is 15.1. The lowest BCUT2D eigenvalue weighted by Crippen LogP contribution is -2.66. The minimum atomic E-state index is -2.38. The lowest BCUT2D eigenvalue weighted by Gasteiger charge is -2.45. The predicted molar refractivity (Wildman–Crippen MR) is 124 cm³/mol. The number of benzene rings is 2. The maximum absolute atomic E-state index is 11.5. The van der Waals surface area contributed by atoms with E-state index >= 15 is 0 Å². The van der Waals surface area contributed by atoms with Crippen molar-refractivity contribution in [1.29, 1.82) is 0 Å². The third-order valence-corrected chi connectivity index (χ3v) is 6.14. The van der Waals surface area contributed by atoms with Crippen LogP contribution in [0.4, 0.5) is 0 Å². The number of aliphatic hydroxyl groups is 6. The molecule has 0 aliphatic carbocycles. The fraction of sp³-hybridized carbons (Fsp3) is 0.462. The standard InChI is InChI=1S/C26H36O6/c1-4-18-9-7-11-20(13-18)15-25(31,6-3)24(30)26(32,23(29)22(28)17-27)16-21-12-8-10-19(5-2)14-21/h6-14,22-24,27-32H,3-5,15-17H2,1-2H3/t22-,23+,24+,25?,26+/m0/s1. The van der Waals surface area contributed by atoms with Gasteiger partial charge in [0.15, 0.2) is 0 Å². The molecule has 0 fully saturated rings. The van der Waals surface area contributed by atoms with E-state index in [1.807, 2.05) is 44.2 Å². The van der Waals surface area contributed by atoms with E-state index in [1.165, 1.54) is 0 Å². The SMILES string of the molecule is C=CC(O)(Cc1cccc(CC)c1)[C@@H](O)[C@@](O)(Cc1cccc(CC)c1)[C@H](O)[C@@H](O)CO. The van der Waals surface area contributed by atoms with Crippen molar-refractivity contribution in [3.8, 4) is 0 Å². The van der Waals surface area contributed by atoms with Gasteiger partial charge in [-0.15, -0.1) is 6.58 Å². The lowest BCUT2D eigenvalue weighted by atomic mass is 9.73. The average Bonchev–Trinajstić information content (AvgIpc) is 2.82. The molecule has 0 bridgehead atoms. The Labute approximate surface area is 190 Å². The molecule has 0 aliphatic rings. The van der Waals surface area contributed by atoms with Crippen LogP contribution in [0.15, 0.2) is 61.2 Å². The number of hydrogen-bond donors (Lipinski definition) is 6. The summed E-state index contributed by atoms with van der Waals surface area (Å²) in [4.78, 5) is 0. The summed E-state index contributed by atoms with van der Waals surface area (Å²) in [7, 11) is 0. The van der Waals surface area contributed by atoms with Crippen LogP contribution in [0.5, 0.6) is 0 Å². The Balaban J connectivity index is 2.47. The highest BCUT2D eigenvalue weighted by atomic mass is 16.4. The Hall–Kier alpha value is -2.06. The monoisotopic (exact) mass is 444 g/mol. The van der Waals surface area contributed by atoms with E-state index in [2.05, 4.69) is 6.58 Å². The highest BCUT2D eigenvalue weighted by Gasteiger charge is 2.53. The van der Waals surface area contributed by atoms with Gasteiger partial charge in [-0.1, -0.05) is 68.5 Å². The van der Waals surface area contributed by atoms with Crippen molar-refractivity contribution in [3.05, 3.63) is 83.4 Å². The second kappa shape index (κ2) is 11.2. The third kappa shape index (κ3) is 5.84. The molecule has 6 nitrogen and oxygen atoms in total. The van der Waals surface area contributed by atoms with E-state index in [9.17, 15) is 30.6 Å². The van der Waals surface area contributed by atoms with E-state index in [-0.39, 0.29) is 12.8 Å². The zero-order valence-electron chi connectivity index (χ0n) is 18.9. The highest BCUT2D eigenvalue weighted by Crippen LogP contribution is 2.33. The van der Waals surface area contributed by atoms with Gasteiger partial charge in [-0.3, -0.25) is 0 Å². The second-order valence-electron chi connectivity index (χ2n) is 8.48. The largest absolute Gasteiger partial charge is 0.394 e. The summed E-state index contributed by atoms with van der Waals surface area (Å²) in [6.45, 7) is 6.81. The highest BCUT2D eigenvalue weighted by molar-refractivity contribution is 5.30. The van der Waals surface area contributed by atoms with Crippen LogP contribution in [0.3, 0.4) is 0 Å². The van der Waals surface area contributed by atoms with Gasteiger partial charge in [-0.2, -0.15) is 0 Å². The van der Waals surface area contributed by atoms with E-state index in [4.69, 9.17) is 0 Å². The van der Waals surface area contributed by atoms with Crippen LogP contribution in [0, 0.1) is 0 Å². The molecule has 0 radical (unpaired) electrons. The van der Waals surface area contributed by atoms with Crippen molar-refractivity contribution in [3.63, 3.8) is 0 Å². The van der Waals surface area contributed by atoms with E-state index < -0.39 is 36.1 Å². The van der Waals surface area contributed by atoms with Crippen LogP contribution in [0.1, 0.15) is 36.1 Å². The van der Waals surface area contributed by atoms with E-state index in [0.29, 0.717) is 5.56 Å². The van der Waals surface area contributed by atoms with Gasteiger partial charge in [0.05, 0.1) is 6.61 Å². The fourth-order valence-corrected chi connectivity index (χ4v) is 4.08. The molecule has 0 aromatic heterocycles. The molecule has 1 unspecified atom stereocenters. The van der Waals surface area contributed by atoms with Gasteiger partial charge in [-0.05, 0) is 35.1 Å². The summed E-state index contributed by atoms with van der Waals surface area (Å²) in [6.07, 6.45) is -3.21. The Bertz CT molecular complexity index is 884. The van der Waals surface area contributed by atoms with Gasteiger partial charge in [0.2, 0.25) is 0 Å². The van der Waals surface area contributed by atoms with E-state index in [1.54, 1.807) is 18.2 Å². The Kier molecular flexibility index (Phi) is 9.16. The summed E-state index contributed by atoms with van der Waals surface area (Å²) in [5, 5.41) is 64.3. The molecule has 0 saturated heterocycles. The Morgan fingerprint density at radius 2 is 1.31 bits per heavy atom. The molecule has 6 heteroatoms. The molecule has 0 heterocycles. The minimum Gasteiger partial charge on any atom is -0.394 e. The van der Waals surface area contributed by atoms with Gasteiger partial charge in [0.25, 0.3) is 0 Å². The van der Waals surface area contributed by atoms with Crippen LogP contribution in [0.25, 0.3) is 0 Å². The zero-order valence-corrected chi connectivity index (χ0v) is 18.9. The molecule has 0 aliphatic heterocycles. The summed E-state index contributed by atoms with van der Waals surface area (Å²) in [5.74, 6) is 0. The van der Waals surface area contributed by atoms with Crippen molar-refractivity contribution in [1.82, 2.24) is 0 Å². The van der Waals surface area contributed by atoms with Gasteiger partial charge in [-0.25, -0.2) is 0 Å². The van der Waals surface area contributed by atoms with Crippen LogP contribution >= 0.6 is 0 Å². The number of hydrogen-bond acceptors (Lipinski definition) is 6. The molecule has 0 saturated carbocycles. The number of aryl methyl sites for hydroxylation is 2. The van der Waals surface area contributed by atoms with Crippen LogP contribution in [-0.4, -0.2) is 66.8 Å². The maximum Gasteiger partial charge on any atom is 0.126 e. The van der Waals surface area contributed by atoms with Crippen LogP contribution in [-0.2, 0) is 25.7 Å². The van der Waals surface area contributed by atoms with Crippen molar-refractivity contribution in [2.45, 2.75) is 69.0 Å². The molecule has 6 N–H and O–H groups in total. The second-order valence-corrected chi connectivity index (χ2v) is 8.48. The van der Waals surface area contributed by atoms with Crippen LogP contribution < -0.4 is 0 Å². The van der Waals surface area contributed by atoms with Gasteiger partial charge in [0.1, 0.15) is 29.5 Å². The number of rotatable bonds is 12. The smallest absolute Gasteiger partial charge is 0.126 e. The molecule has 32 heavy (non-hydrogen) atoms. The average molecular weight is 445 g/mol. The van der Waals surface area contributed by atoms with Gasteiger partial charge in [0, 0.05) is 12.8 Å². The predicted octanol–water partition coefficient (Wildman–Crippen LogP) is 1.32. The zero-order chi connectivity index (χ0) is 23.9. The lowest BCUT2D eigenvalue weighted by molar-refractivity contribution is -0.218. The van der Waals surface area contributed by atoms with Crippen molar-refractivity contribution < 1.29 is 30.6 Å². The molecule has 0 amide bonds. The van der Waals surface area contributed by atoms with Crippen molar-refractivity contribution in [2.24, 2.45) is 0 Å². The van der Waals surface area contributed by atoms with Crippen molar-refractivity contribution in [2.75, 3.05) is 6.61 Å². The molecule has 2 aromatic carbocycles. The first kappa shape index (κ1) is 26.2. The molecule has 5 atom stereocenters. The van der Waals surface area contributed by atoms with Gasteiger partial charge >= 0.3 is 0 Å². The summed E-state index contributed by atoms with van der Waals surface area (Å²) >= 11 is 0. The molecule has 176 valence electrons. The molecule has 2 rings (SSSR count). The quantitative estimate of drug-likeness (QED) is 0.275. The number of aliphatic hydroxyl groups excluding tert-OH is 4. The fourth-order valence-electron chi connectivity index (χ4n) is 4.08. The maximum atomic E-state index is 11.5. The summed E-state index contributed by atoms with van der Waals surface area (Å²) in [5.41, 5.74) is -1.02. The topological polar surface area (TPSA) is 121 Å².